The first kappa shape index (κ1) is 21.9. The molecule has 0 unspecified atom stereocenters. The van der Waals surface area contributed by atoms with Gasteiger partial charge in [-0.05, 0) is 0 Å². The average molecular weight is 544 g/mol. The summed E-state index contributed by atoms with van der Waals surface area (Å²) in [5, 5.41) is 6.16. The Labute approximate surface area is 186 Å². The Hall–Kier alpha value is -2.27. The van der Waals surface area contributed by atoms with E-state index >= 15 is 0 Å². The molecular formula is C22H23F2IN2O4. The number of benzene rings is 2. The van der Waals surface area contributed by atoms with Gasteiger partial charge in [0.2, 0.25) is 0 Å². The first-order valence-corrected chi connectivity index (χ1v) is 13.2. The van der Waals surface area contributed by atoms with Crippen molar-refractivity contribution in [1.82, 2.24) is 5.32 Å². The summed E-state index contributed by atoms with van der Waals surface area (Å²) >= 11 is -2.07. The molecule has 0 radical (unpaired) electrons. The van der Waals surface area contributed by atoms with Gasteiger partial charge in [0.05, 0.1) is 0 Å². The van der Waals surface area contributed by atoms with Gasteiger partial charge < -0.3 is 0 Å². The fourth-order valence-corrected chi connectivity index (χ4v) is 9.88. The number of halogens is 3. The van der Waals surface area contributed by atoms with Crippen LogP contribution >= 0.6 is 20.2 Å². The SMILES string of the molecule is COC(=O)CCNC(=O)Cc1ccc2c(c1)I1OCC[C@@H]1[C@@H](c1cc(F)cc(F)c1)N2. The third-order valence-corrected chi connectivity index (χ3v) is 11.2. The molecule has 0 aromatic heterocycles. The number of rotatable bonds is 6. The van der Waals surface area contributed by atoms with Crippen molar-refractivity contribution in [1.29, 1.82) is 0 Å². The van der Waals surface area contributed by atoms with Crippen molar-refractivity contribution in [3.63, 3.8) is 0 Å². The van der Waals surface area contributed by atoms with Crippen molar-refractivity contribution in [3.05, 3.63) is 62.7 Å². The molecule has 2 heterocycles. The van der Waals surface area contributed by atoms with Crippen LogP contribution < -0.4 is 10.6 Å². The monoisotopic (exact) mass is 544 g/mol. The van der Waals surface area contributed by atoms with Crippen LogP contribution in [0.25, 0.3) is 0 Å². The van der Waals surface area contributed by atoms with E-state index in [1.807, 2.05) is 18.2 Å². The Kier molecular flexibility index (Phi) is 6.71. The van der Waals surface area contributed by atoms with E-state index < -0.39 is 31.9 Å². The van der Waals surface area contributed by atoms with Crippen LogP contribution in [0.4, 0.5) is 14.5 Å². The van der Waals surface area contributed by atoms with Crippen LogP contribution in [-0.2, 0) is 23.8 Å². The van der Waals surface area contributed by atoms with E-state index in [-0.39, 0.29) is 41.2 Å². The first-order chi connectivity index (χ1) is 14.9. The normalized spacial score (nSPS) is 20.4. The zero-order valence-electron chi connectivity index (χ0n) is 16.9. The summed E-state index contributed by atoms with van der Waals surface area (Å²) in [6.07, 6.45) is 1.16. The van der Waals surface area contributed by atoms with Gasteiger partial charge in [-0.2, -0.15) is 0 Å². The average Bonchev–Trinajstić information content (AvgIpc) is 3.22. The van der Waals surface area contributed by atoms with E-state index in [0.29, 0.717) is 12.2 Å². The number of hydrogen-bond acceptors (Lipinski definition) is 5. The molecule has 2 atom stereocenters. The summed E-state index contributed by atoms with van der Waals surface area (Å²) in [6.45, 7) is 0.858. The van der Waals surface area contributed by atoms with E-state index in [1.165, 1.54) is 19.2 Å². The van der Waals surface area contributed by atoms with Crippen molar-refractivity contribution in [2.24, 2.45) is 0 Å². The van der Waals surface area contributed by atoms with Crippen molar-refractivity contribution in [2.75, 3.05) is 25.6 Å². The fourth-order valence-electron chi connectivity index (χ4n) is 3.81. The van der Waals surface area contributed by atoms with Gasteiger partial charge in [-0.15, -0.1) is 0 Å². The molecule has 0 aliphatic carbocycles. The van der Waals surface area contributed by atoms with Gasteiger partial charge in [0.25, 0.3) is 0 Å². The van der Waals surface area contributed by atoms with Gasteiger partial charge >= 0.3 is 187 Å². The van der Waals surface area contributed by atoms with Crippen LogP contribution in [0, 0.1) is 15.2 Å². The molecule has 4 rings (SSSR count). The third kappa shape index (κ3) is 4.98. The number of methoxy groups -OCH3 is 1. The zero-order chi connectivity index (χ0) is 22.0. The van der Waals surface area contributed by atoms with Crippen LogP contribution in [-0.4, -0.2) is 36.1 Å². The third-order valence-electron chi connectivity index (χ3n) is 5.24. The van der Waals surface area contributed by atoms with Gasteiger partial charge in [-0.25, -0.2) is 0 Å². The Morgan fingerprint density at radius 2 is 2.00 bits per heavy atom. The van der Waals surface area contributed by atoms with E-state index in [2.05, 4.69) is 15.4 Å². The molecule has 9 heteroatoms. The second-order valence-electron chi connectivity index (χ2n) is 7.39. The molecule has 0 spiro atoms. The summed E-state index contributed by atoms with van der Waals surface area (Å²) in [5.41, 5.74) is 2.35. The molecule has 2 N–H and O–H groups in total. The molecule has 31 heavy (non-hydrogen) atoms. The van der Waals surface area contributed by atoms with Crippen molar-refractivity contribution < 1.29 is 26.2 Å². The molecule has 2 aliphatic rings. The van der Waals surface area contributed by atoms with Gasteiger partial charge in [0.15, 0.2) is 0 Å². The zero-order valence-corrected chi connectivity index (χ0v) is 19.1. The van der Waals surface area contributed by atoms with E-state index in [1.54, 1.807) is 0 Å². The van der Waals surface area contributed by atoms with Gasteiger partial charge in [0.1, 0.15) is 0 Å². The number of alkyl halides is 1. The number of ether oxygens (including phenoxy) is 1. The molecule has 0 saturated carbocycles. The number of esters is 1. The summed E-state index contributed by atoms with van der Waals surface area (Å²) < 4.78 is 39.6. The van der Waals surface area contributed by atoms with E-state index in [4.69, 9.17) is 3.07 Å². The van der Waals surface area contributed by atoms with Crippen LogP contribution in [0.2, 0.25) is 0 Å². The van der Waals surface area contributed by atoms with Crippen LogP contribution in [0.3, 0.4) is 0 Å². The quantitative estimate of drug-likeness (QED) is 0.330. The molecule has 166 valence electrons. The first-order valence-electron chi connectivity index (χ1n) is 9.95. The molecular weight excluding hydrogens is 521 g/mol. The minimum atomic E-state index is -2.07. The Morgan fingerprint density at radius 1 is 1.23 bits per heavy atom. The predicted molar refractivity (Wildman–Crippen MR) is 120 cm³/mol. The number of carbonyl (C=O) groups excluding carboxylic acids is 2. The minimum absolute atomic E-state index is 0.129. The predicted octanol–water partition coefficient (Wildman–Crippen LogP) is 3.73. The number of amides is 1. The molecule has 1 amide bonds. The summed E-state index contributed by atoms with van der Waals surface area (Å²) in [6, 6.07) is 9.22. The summed E-state index contributed by atoms with van der Waals surface area (Å²) in [4.78, 5) is 23.4. The fraction of sp³-hybridized carbons (Fsp3) is 0.364. The van der Waals surface area contributed by atoms with E-state index in [0.717, 1.165) is 27.3 Å². The Bertz CT molecular complexity index is 983. The molecule has 1 saturated heterocycles. The second-order valence-corrected chi connectivity index (χ2v) is 12.3. The van der Waals surface area contributed by atoms with Crippen molar-refractivity contribution >= 4 is 37.8 Å². The van der Waals surface area contributed by atoms with Crippen molar-refractivity contribution in [2.45, 2.75) is 29.2 Å². The summed E-state index contributed by atoms with van der Waals surface area (Å²) in [7, 11) is 1.31. The molecule has 0 bridgehead atoms. The van der Waals surface area contributed by atoms with Crippen LogP contribution in [0.15, 0.2) is 36.4 Å². The molecule has 2 aliphatic heterocycles. The number of carbonyl (C=O) groups is 2. The maximum atomic E-state index is 13.8. The number of fused-ring (bicyclic) bond motifs is 3. The molecule has 1 fully saturated rings. The molecule has 6 nitrogen and oxygen atoms in total. The number of hydrogen-bond donors (Lipinski definition) is 2. The number of anilines is 1. The van der Waals surface area contributed by atoms with Crippen LogP contribution in [0.5, 0.6) is 0 Å². The Morgan fingerprint density at radius 3 is 2.74 bits per heavy atom. The molecule has 2 aromatic carbocycles. The maximum absolute atomic E-state index is 13.8. The van der Waals surface area contributed by atoms with Gasteiger partial charge in [-0.3, -0.25) is 0 Å². The van der Waals surface area contributed by atoms with Gasteiger partial charge in [0, 0.05) is 0 Å². The van der Waals surface area contributed by atoms with E-state index in [9.17, 15) is 18.4 Å². The summed E-state index contributed by atoms with van der Waals surface area (Å²) in [5.74, 6) is -1.72. The van der Waals surface area contributed by atoms with Gasteiger partial charge in [-0.1, -0.05) is 0 Å². The molecule has 2 aromatic rings. The Balaban J connectivity index is 1.50. The number of nitrogens with one attached hydrogen (secondary N) is 2. The second kappa shape index (κ2) is 9.47. The van der Waals surface area contributed by atoms with Crippen molar-refractivity contribution in [3.8, 4) is 0 Å². The topological polar surface area (TPSA) is 76.7 Å². The standard InChI is InChI=1S/C22H23F2IN2O4/c1-30-21(29)4-6-26-20(28)9-13-2-3-19-18(8-13)25-17(5-7-31-25)22(27-19)14-10-15(23)12-16(24)11-14/h2-3,8,10-12,17,22,27H,4-7,9H2,1H3,(H,26,28)/t17-,22-/m1/s1. The van der Waals surface area contributed by atoms with Crippen LogP contribution in [0.1, 0.15) is 30.0 Å².